The van der Waals surface area contributed by atoms with Crippen LogP contribution < -0.4 is 15.8 Å². The number of anilines is 1. The highest BCUT2D eigenvalue weighted by Crippen LogP contribution is 2.20. The lowest BCUT2D eigenvalue weighted by atomic mass is 10.2. The van der Waals surface area contributed by atoms with E-state index in [0.29, 0.717) is 12.2 Å². The van der Waals surface area contributed by atoms with Crippen molar-refractivity contribution in [1.29, 1.82) is 0 Å². The molecular weight excluding hydrogens is 183 g/mol. The monoisotopic (exact) mass is 198 g/mol. The summed E-state index contributed by atoms with van der Waals surface area (Å²) in [5.74, 6) is -0.127. The average molecular weight is 198 g/mol. The second kappa shape index (κ2) is 4.81. The van der Waals surface area contributed by atoms with Crippen molar-refractivity contribution < 1.29 is 9.13 Å². The molecule has 0 aliphatic carbocycles. The Kier molecular flexibility index (Phi) is 3.71. The molecule has 1 aromatic rings. The maximum atomic E-state index is 13.2. The summed E-state index contributed by atoms with van der Waals surface area (Å²) in [6, 6.07) is 4.86. The van der Waals surface area contributed by atoms with Crippen molar-refractivity contribution in [2.45, 2.75) is 13.0 Å². The van der Waals surface area contributed by atoms with Gasteiger partial charge in [-0.15, -0.1) is 0 Å². The zero-order valence-corrected chi connectivity index (χ0v) is 8.38. The van der Waals surface area contributed by atoms with Gasteiger partial charge in [0.05, 0.1) is 7.11 Å². The first-order valence-electron chi connectivity index (χ1n) is 4.47. The maximum Gasteiger partial charge on any atom is 0.167 e. The van der Waals surface area contributed by atoms with Crippen molar-refractivity contribution in [3.8, 4) is 5.75 Å². The maximum absolute atomic E-state index is 13.2. The van der Waals surface area contributed by atoms with Crippen molar-refractivity contribution in [3.63, 3.8) is 0 Å². The van der Waals surface area contributed by atoms with Gasteiger partial charge in [-0.1, -0.05) is 0 Å². The largest absolute Gasteiger partial charge is 0.494 e. The van der Waals surface area contributed by atoms with Crippen LogP contribution in [0, 0.1) is 5.82 Å². The topological polar surface area (TPSA) is 47.3 Å². The summed E-state index contributed by atoms with van der Waals surface area (Å²) in [7, 11) is 1.44. The Morgan fingerprint density at radius 2 is 2.29 bits per heavy atom. The number of rotatable bonds is 4. The highest BCUT2D eigenvalue weighted by atomic mass is 19.1. The van der Waals surface area contributed by atoms with E-state index in [9.17, 15) is 4.39 Å². The third-order valence-corrected chi connectivity index (χ3v) is 1.92. The second-order valence-electron chi connectivity index (χ2n) is 3.13. The molecule has 0 heterocycles. The van der Waals surface area contributed by atoms with Gasteiger partial charge in [-0.3, -0.25) is 0 Å². The molecule has 14 heavy (non-hydrogen) atoms. The quantitative estimate of drug-likeness (QED) is 0.772. The fourth-order valence-electron chi connectivity index (χ4n) is 1.10. The highest BCUT2D eigenvalue weighted by Gasteiger charge is 2.04. The molecule has 0 aromatic heterocycles. The van der Waals surface area contributed by atoms with Crippen LogP contribution >= 0.6 is 0 Å². The highest BCUT2D eigenvalue weighted by molar-refractivity contribution is 5.47. The Morgan fingerprint density at radius 1 is 1.57 bits per heavy atom. The molecule has 3 N–H and O–H groups in total. The van der Waals surface area contributed by atoms with Gasteiger partial charge in [0, 0.05) is 24.3 Å². The third-order valence-electron chi connectivity index (χ3n) is 1.92. The minimum atomic E-state index is -0.373. The molecule has 1 unspecified atom stereocenters. The number of methoxy groups -OCH3 is 1. The predicted molar refractivity (Wildman–Crippen MR) is 55.1 cm³/mol. The lowest BCUT2D eigenvalue weighted by Gasteiger charge is -2.13. The normalized spacial score (nSPS) is 12.3. The molecule has 1 rings (SSSR count). The first-order chi connectivity index (χ1) is 6.67. The van der Waals surface area contributed by atoms with Gasteiger partial charge < -0.3 is 15.8 Å². The SMILES string of the molecule is COc1ccc(NC(C)CN)cc1F. The lowest BCUT2D eigenvalue weighted by Crippen LogP contribution is -2.25. The molecule has 0 bridgehead atoms. The Hall–Kier alpha value is -1.29. The molecule has 0 fully saturated rings. The van der Waals surface area contributed by atoms with Crippen LogP contribution in [0.3, 0.4) is 0 Å². The van der Waals surface area contributed by atoms with Gasteiger partial charge in [0.2, 0.25) is 0 Å². The molecule has 1 atom stereocenters. The molecule has 0 aliphatic rings. The minimum absolute atomic E-state index is 0.128. The summed E-state index contributed by atoms with van der Waals surface area (Å²) in [6.45, 7) is 2.44. The van der Waals surface area contributed by atoms with Gasteiger partial charge in [0.25, 0.3) is 0 Å². The summed E-state index contributed by atoms with van der Waals surface area (Å²) in [5.41, 5.74) is 6.14. The smallest absolute Gasteiger partial charge is 0.167 e. The summed E-state index contributed by atoms with van der Waals surface area (Å²) in [5, 5.41) is 3.06. The van der Waals surface area contributed by atoms with E-state index in [1.807, 2.05) is 6.92 Å². The van der Waals surface area contributed by atoms with Crippen LogP contribution in [0.5, 0.6) is 5.75 Å². The van der Waals surface area contributed by atoms with Crippen molar-refractivity contribution in [2.75, 3.05) is 19.0 Å². The summed E-state index contributed by atoms with van der Waals surface area (Å²) in [6.07, 6.45) is 0. The van der Waals surface area contributed by atoms with Gasteiger partial charge in [0.15, 0.2) is 11.6 Å². The van der Waals surface area contributed by atoms with Crippen molar-refractivity contribution >= 4 is 5.69 Å². The number of hydrogen-bond donors (Lipinski definition) is 2. The van der Waals surface area contributed by atoms with Crippen LogP contribution in [0.4, 0.5) is 10.1 Å². The molecule has 4 heteroatoms. The van der Waals surface area contributed by atoms with E-state index in [2.05, 4.69) is 5.32 Å². The van der Waals surface area contributed by atoms with Crippen LogP contribution in [-0.2, 0) is 0 Å². The van der Waals surface area contributed by atoms with Crippen molar-refractivity contribution in [1.82, 2.24) is 0 Å². The number of nitrogens with one attached hydrogen (secondary N) is 1. The molecule has 78 valence electrons. The van der Waals surface area contributed by atoms with E-state index in [1.165, 1.54) is 13.2 Å². The van der Waals surface area contributed by atoms with Gasteiger partial charge in [-0.05, 0) is 19.1 Å². The van der Waals surface area contributed by atoms with Crippen LogP contribution in [-0.4, -0.2) is 19.7 Å². The van der Waals surface area contributed by atoms with E-state index in [4.69, 9.17) is 10.5 Å². The molecule has 0 radical (unpaired) electrons. The number of halogens is 1. The zero-order chi connectivity index (χ0) is 10.6. The van der Waals surface area contributed by atoms with Crippen LogP contribution in [0.25, 0.3) is 0 Å². The molecular formula is C10H15FN2O. The van der Waals surface area contributed by atoms with Gasteiger partial charge >= 0.3 is 0 Å². The predicted octanol–water partition coefficient (Wildman–Crippen LogP) is 1.59. The fraction of sp³-hybridized carbons (Fsp3) is 0.400. The summed E-state index contributed by atoms with van der Waals surface area (Å²) < 4.78 is 18.0. The first kappa shape index (κ1) is 10.8. The van der Waals surface area contributed by atoms with Crippen molar-refractivity contribution in [3.05, 3.63) is 24.0 Å². The molecule has 0 amide bonds. The fourth-order valence-corrected chi connectivity index (χ4v) is 1.10. The number of ether oxygens (including phenoxy) is 1. The number of hydrogen-bond acceptors (Lipinski definition) is 3. The van der Waals surface area contributed by atoms with Gasteiger partial charge in [0.1, 0.15) is 0 Å². The molecule has 0 spiro atoms. The molecule has 0 saturated carbocycles. The van der Waals surface area contributed by atoms with E-state index in [0.717, 1.165) is 0 Å². The number of nitrogens with two attached hydrogens (primary N) is 1. The van der Waals surface area contributed by atoms with Crippen LogP contribution in [0.2, 0.25) is 0 Å². The summed E-state index contributed by atoms with van der Waals surface area (Å²) in [4.78, 5) is 0. The Balaban J connectivity index is 2.76. The van der Waals surface area contributed by atoms with E-state index in [-0.39, 0.29) is 17.6 Å². The molecule has 0 saturated heterocycles. The Morgan fingerprint density at radius 3 is 2.79 bits per heavy atom. The zero-order valence-electron chi connectivity index (χ0n) is 8.38. The third kappa shape index (κ3) is 2.60. The standard InChI is InChI=1S/C10H15FN2O/c1-7(6-12)13-8-3-4-10(14-2)9(11)5-8/h3-5,7,13H,6,12H2,1-2H3. The summed E-state index contributed by atoms with van der Waals surface area (Å²) >= 11 is 0. The Bertz CT molecular complexity index is 304. The van der Waals surface area contributed by atoms with E-state index >= 15 is 0 Å². The first-order valence-corrected chi connectivity index (χ1v) is 4.47. The second-order valence-corrected chi connectivity index (χ2v) is 3.13. The molecule has 3 nitrogen and oxygen atoms in total. The van der Waals surface area contributed by atoms with Gasteiger partial charge in [-0.2, -0.15) is 0 Å². The van der Waals surface area contributed by atoms with Crippen molar-refractivity contribution in [2.24, 2.45) is 5.73 Å². The van der Waals surface area contributed by atoms with E-state index < -0.39 is 0 Å². The van der Waals surface area contributed by atoms with Crippen LogP contribution in [0.1, 0.15) is 6.92 Å². The minimum Gasteiger partial charge on any atom is -0.494 e. The molecule has 1 aromatic carbocycles. The number of benzene rings is 1. The average Bonchev–Trinajstić information content (AvgIpc) is 2.18. The van der Waals surface area contributed by atoms with E-state index in [1.54, 1.807) is 12.1 Å². The van der Waals surface area contributed by atoms with Gasteiger partial charge in [-0.25, -0.2) is 4.39 Å². The van der Waals surface area contributed by atoms with Crippen LogP contribution in [0.15, 0.2) is 18.2 Å². The molecule has 0 aliphatic heterocycles. The Labute approximate surface area is 83.1 Å². The lowest BCUT2D eigenvalue weighted by molar-refractivity contribution is 0.386.